The topological polar surface area (TPSA) is 50.2 Å². The highest BCUT2D eigenvalue weighted by atomic mass is 16.2. The molecule has 1 amide bonds. The van der Waals surface area contributed by atoms with Gasteiger partial charge in [-0.2, -0.15) is 5.10 Å². The molecule has 1 atom stereocenters. The SMILES string of the molecule is CCN(CC)C(=O)[C@@H](C)NCCn1cccn1. The summed E-state index contributed by atoms with van der Waals surface area (Å²) in [6.07, 6.45) is 3.67. The van der Waals surface area contributed by atoms with E-state index in [1.165, 1.54) is 0 Å². The van der Waals surface area contributed by atoms with Crippen molar-refractivity contribution in [3.05, 3.63) is 18.5 Å². The first kappa shape index (κ1) is 13.7. The molecule has 0 saturated heterocycles. The highest BCUT2D eigenvalue weighted by Crippen LogP contribution is 1.94. The third-order valence-electron chi connectivity index (χ3n) is 2.80. The molecule has 1 N–H and O–H groups in total. The molecule has 0 unspecified atom stereocenters. The molecule has 1 heterocycles. The van der Waals surface area contributed by atoms with Gasteiger partial charge in [-0.3, -0.25) is 9.48 Å². The molecule has 0 radical (unpaired) electrons. The van der Waals surface area contributed by atoms with Crippen LogP contribution in [0, 0.1) is 0 Å². The molecule has 0 aliphatic rings. The summed E-state index contributed by atoms with van der Waals surface area (Å²) in [5.74, 6) is 0.162. The van der Waals surface area contributed by atoms with Crippen molar-refractivity contribution in [1.29, 1.82) is 0 Å². The molecule has 17 heavy (non-hydrogen) atoms. The van der Waals surface area contributed by atoms with E-state index in [9.17, 15) is 4.79 Å². The zero-order valence-corrected chi connectivity index (χ0v) is 10.9. The van der Waals surface area contributed by atoms with E-state index in [1.54, 1.807) is 6.20 Å². The van der Waals surface area contributed by atoms with Gasteiger partial charge in [0, 0.05) is 32.0 Å². The lowest BCUT2D eigenvalue weighted by atomic mass is 10.3. The van der Waals surface area contributed by atoms with Crippen molar-refractivity contribution in [3.8, 4) is 0 Å². The molecule has 0 aliphatic heterocycles. The normalized spacial score (nSPS) is 12.4. The molecule has 5 heteroatoms. The summed E-state index contributed by atoms with van der Waals surface area (Å²) in [5.41, 5.74) is 0. The van der Waals surface area contributed by atoms with Gasteiger partial charge < -0.3 is 10.2 Å². The lowest BCUT2D eigenvalue weighted by Gasteiger charge is -2.23. The number of hydrogen-bond donors (Lipinski definition) is 1. The van der Waals surface area contributed by atoms with E-state index in [1.807, 2.05) is 42.6 Å². The molecule has 5 nitrogen and oxygen atoms in total. The van der Waals surface area contributed by atoms with Crippen molar-refractivity contribution in [2.45, 2.75) is 33.4 Å². The van der Waals surface area contributed by atoms with Crippen molar-refractivity contribution < 1.29 is 4.79 Å². The summed E-state index contributed by atoms with van der Waals surface area (Å²) in [6.45, 7) is 8.96. The van der Waals surface area contributed by atoms with Gasteiger partial charge in [-0.1, -0.05) is 0 Å². The highest BCUT2D eigenvalue weighted by molar-refractivity contribution is 5.81. The Morgan fingerprint density at radius 1 is 1.47 bits per heavy atom. The average molecular weight is 238 g/mol. The molecule has 96 valence electrons. The van der Waals surface area contributed by atoms with Gasteiger partial charge in [0.1, 0.15) is 0 Å². The third-order valence-corrected chi connectivity index (χ3v) is 2.80. The fourth-order valence-electron chi connectivity index (χ4n) is 1.72. The van der Waals surface area contributed by atoms with E-state index >= 15 is 0 Å². The van der Waals surface area contributed by atoms with Crippen LogP contribution < -0.4 is 5.32 Å². The van der Waals surface area contributed by atoms with Crippen molar-refractivity contribution >= 4 is 5.91 Å². The second-order valence-corrected chi connectivity index (χ2v) is 3.96. The Morgan fingerprint density at radius 2 is 2.18 bits per heavy atom. The zero-order chi connectivity index (χ0) is 12.7. The Bertz CT molecular complexity index is 319. The molecule has 0 fully saturated rings. The van der Waals surface area contributed by atoms with Crippen LogP contribution in [-0.2, 0) is 11.3 Å². The first-order valence-electron chi connectivity index (χ1n) is 6.18. The van der Waals surface area contributed by atoms with E-state index in [4.69, 9.17) is 0 Å². The minimum atomic E-state index is -0.134. The Labute approximate surface area is 103 Å². The summed E-state index contributed by atoms with van der Waals surface area (Å²) in [5, 5.41) is 7.32. The number of hydrogen-bond acceptors (Lipinski definition) is 3. The van der Waals surface area contributed by atoms with E-state index < -0.39 is 0 Å². The summed E-state index contributed by atoms with van der Waals surface area (Å²) in [7, 11) is 0. The van der Waals surface area contributed by atoms with Crippen LogP contribution in [0.1, 0.15) is 20.8 Å². The minimum Gasteiger partial charge on any atom is -0.342 e. The first-order chi connectivity index (χ1) is 8.19. The van der Waals surface area contributed by atoms with Gasteiger partial charge in [-0.05, 0) is 26.8 Å². The van der Waals surface area contributed by atoms with E-state index in [0.29, 0.717) is 0 Å². The van der Waals surface area contributed by atoms with Crippen LogP contribution in [0.25, 0.3) is 0 Å². The van der Waals surface area contributed by atoms with Crippen LogP contribution in [0.5, 0.6) is 0 Å². The monoisotopic (exact) mass is 238 g/mol. The first-order valence-corrected chi connectivity index (χ1v) is 6.18. The number of amides is 1. The molecule has 0 aromatic carbocycles. The zero-order valence-electron chi connectivity index (χ0n) is 10.9. The number of nitrogens with one attached hydrogen (secondary N) is 1. The summed E-state index contributed by atoms with van der Waals surface area (Å²) < 4.78 is 1.85. The molecule has 0 bridgehead atoms. The molecular formula is C12H22N4O. The largest absolute Gasteiger partial charge is 0.342 e. The maximum atomic E-state index is 11.9. The second-order valence-electron chi connectivity index (χ2n) is 3.96. The molecule has 1 aromatic rings. The number of aromatic nitrogens is 2. The predicted octanol–water partition coefficient (Wildman–Crippen LogP) is 0.730. The Balaban J connectivity index is 2.28. The summed E-state index contributed by atoms with van der Waals surface area (Å²) in [4.78, 5) is 13.8. The number of likely N-dealkylation sites (N-methyl/N-ethyl adjacent to an activating group) is 1. The minimum absolute atomic E-state index is 0.134. The van der Waals surface area contributed by atoms with E-state index in [-0.39, 0.29) is 11.9 Å². The average Bonchev–Trinajstić information content (AvgIpc) is 2.83. The van der Waals surface area contributed by atoms with Gasteiger partial charge in [0.25, 0.3) is 0 Å². The smallest absolute Gasteiger partial charge is 0.239 e. The maximum Gasteiger partial charge on any atom is 0.239 e. The van der Waals surface area contributed by atoms with Gasteiger partial charge in [-0.15, -0.1) is 0 Å². The molecule has 0 spiro atoms. The molecule has 0 saturated carbocycles. The molecule has 0 aliphatic carbocycles. The number of rotatable bonds is 7. The van der Waals surface area contributed by atoms with Crippen molar-refractivity contribution in [1.82, 2.24) is 20.0 Å². The molecule has 1 aromatic heterocycles. The quantitative estimate of drug-likeness (QED) is 0.762. The van der Waals surface area contributed by atoms with Crippen LogP contribution in [0.3, 0.4) is 0 Å². The van der Waals surface area contributed by atoms with Gasteiger partial charge >= 0.3 is 0 Å². The van der Waals surface area contributed by atoms with Crippen LogP contribution >= 0.6 is 0 Å². The standard InChI is InChI=1S/C12H22N4O/c1-4-15(5-2)12(17)11(3)13-8-10-16-9-6-7-14-16/h6-7,9,11,13H,4-5,8,10H2,1-3H3/t11-/m1/s1. The van der Waals surface area contributed by atoms with Crippen LogP contribution in [-0.4, -0.2) is 46.3 Å². The molecule has 1 rings (SSSR count). The fraction of sp³-hybridized carbons (Fsp3) is 0.667. The van der Waals surface area contributed by atoms with Crippen LogP contribution in [0.2, 0.25) is 0 Å². The Hall–Kier alpha value is -1.36. The lowest BCUT2D eigenvalue weighted by Crippen LogP contribution is -2.45. The number of nitrogens with zero attached hydrogens (tertiary/aromatic N) is 3. The summed E-state index contributed by atoms with van der Waals surface area (Å²) in [6, 6.07) is 1.76. The van der Waals surface area contributed by atoms with Gasteiger partial charge in [0.2, 0.25) is 5.91 Å². The Morgan fingerprint density at radius 3 is 2.71 bits per heavy atom. The van der Waals surface area contributed by atoms with Crippen LogP contribution in [0.15, 0.2) is 18.5 Å². The predicted molar refractivity (Wildman–Crippen MR) is 67.6 cm³/mol. The van der Waals surface area contributed by atoms with Crippen LogP contribution in [0.4, 0.5) is 0 Å². The maximum absolute atomic E-state index is 11.9. The van der Waals surface area contributed by atoms with Gasteiger partial charge in [0.05, 0.1) is 12.6 Å². The molecular weight excluding hydrogens is 216 g/mol. The number of carbonyl (C=O) groups excluding carboxylic acids is 1. The Kier molecular flexibility index (Phi) is 5.69. The number of carbonyl (C=O) groups is 1. The van der Waals surface area contributed by atoms with Crippen molar-refractivity contribution in [2.24, 2.45) is 0 Å². The lowest BCUT2D eigenvalue weighted by molar-refractivity contribution is -0.132. The van der Waals surface area contributed by atoms with E-state index in [0.717, 1.165) is 26.2 Å². The van der Waals surface area contributed by atoms with Gasteiger partial charge in [-0.25, -0.2) is 0 Å². The highest BCUT2D eigenvalue weighted by Gasteiger charge is 2.16. The fourth-order valence-corrected chi connectivity index (χ4v) is 1.72. The van der Waals surface area contributed by atoms with Crippen molar-refractivity contribution in [3.63, 3.8) is 0 Å². The second kappa shape index (κ2) is 7.06. The summed E-state index contributed by atoms with van der Waals surface area (Å²) >= 11 is 0. The van der Waals surface area contributed by atoms with Gasteiger partial charge in [0.15, 0.2) is 0 Å². The van der Waals surface area contributed by atoms with E-state index in [2.05, 4.69) is 10.4 Å². The third kappa shape index (κ3) is 4.19. The van der Waals surface area contributed by atoms with Crippen molar-refractivity contribution in [2.75, 3.05) is 19.6 Å².